The Hall–Kier alpha value is -0.0416. The second-order valence-corrected chi connectivity index (χ2v) is 11.0. The summed E-state index contributed by atoms with van der Waals surface area (Å²) in [6, 6.07) is 19.2. The molecule has 0 heterocycles. The van der Waals surface area contributed by atoms with Gasteiger partial charge in [-0.1, -0.05) is 0 Å². The van der Waals surface area contributed by atoms with Crippen LogP contribution in [0.1, 0.15) is 0 Å². The van der Waals surface area contributed by atoms with E-state index in [0.717, 1.165) is 4.47 Å². The van der Waals surface area contributed by atoms with Crippen LogP contribution in [0.4, 0.5) is 0 Å². The molecule has 0 spiro atoms. The summed E-state index contributed by atoms with van der Waals surface area (Å²) in [7, 11) is 0. The van der Waals surface area contributed by atoms with Crippen LogP contribution in [-0.2, 0) is 0 Å². The first-order valence-corrected chi connectivity index (χ1v) is 11.6. The average Bonchev–Trinajstić information content (AvgIpc) is 2.30. The fourth-order valence-corrected chi connectivity index (χ4v) is 6.40. The first-order valence-electron chi connectivity index (χ1n) is 4.54. The molecule has 76 valence electrons. The van der Waals surface area contributed by atoms with Crippen LogP contribution in [0.25, 0.3) is 0 Å². The van der Waals surface area contributed by atoms with Crippen LogP contribution in [0.2, 0.25) is 0 Å². The van der Waals surface area contributed by atoms with Crippen molar-refractivity contribution in [1.29, 1.82) is 0 Å². The number of hydrogen-bond acceptors (Lipinski definition) is 0. The first-order chi connectivity index (χ1) is 7.27. The summed E-state index contributed by atoms with van der Waals surface area (Å²) in [5.74, 6) is 0. The van der Waals surface area contributed by atoms with Gasteiger partial charge in [0, 0.05) is 0 Å². The third-order valence-electron chi connectivity index (χ3n) is 2.04. The summed E-state index contributed by atoms with van der Waals surface area (Å²) in [6.07, 6.45) is 0. The summed E-state index contributed by atoms with van der Waals surface area (Å²) in [5, 5.41) is 0. The van der Waals surface area contributed by atoms with Crippen LogP contribution < -0.4 is 8.70 Å². The fraction of sp³-hybridized carbons (Fsp3) is 0. The topological polar surface area (TPSA) is 0 Å². The summed E-state index contributed by atoms with van der Waals surface area (Å²) in [4.78, 5) is 0. The molecule has 3 heteroatoms. The molecule has 0 aliphatic rings. The maximum atomic E-state index is 3.85. The zero-order chi connectivity index (χ0) is 10.7. The van der Waals surface area contributed by atoms with E-state index in [0.29, 0.717) is 0 Å². The molecule has 1 atom stereocenters. The van der Waals surface area contributed by atoms with E-state index in [4.69, 9.17) is 0 Å². The SMILES string of the molecule is Brc1ccc([As](Br)c2ccccc2)cc1. The van der Waals surface area contributed by atoms with Crippen molar-refractivity contribution in [2.75, 3.05) is 0 Å². The molecular formula is C12H9AsBr2. The number of rotatable bonds is 2. The molecule has 0 fully saturated rings. The molecule has 2 rings (SSSR count). The van der Waals surface area contributed by atoms with Gasteiger partial charge in [0.1, 0.15) is 0 Å². The van der Waals surface area contributed by atoms with Crippen LogP contribution >= 0.6 is 29.9 Å². The Morgan fingerprint density at radius 1 is 0.733 bits per heavy atom. The van der Waals surface area contributed by atoms with Crippen molar-refractivity contribution in [3.8, 4) is 0 Å². The van der Waals surface area contributed by atoms with Gasteiger partial charge in [0.15, 0.2) is 0 Å². The van der Waals surface area contributed by atoms with E-state index in [-0.39, 0.29) is 0 Å². The first kappa shape index (κ1) is 11.4. The number of benzene rings is 2. The van der Waals surface area contributed by atoms with Crippen molar-refractivity contribution in [3.05, 3.63) is 59.1 Å². The third kappa shape index (κ3) is 2.96. The molecule has 2 aromatic rings. The van der Waals surface area contributed by atoms with Crippen LogP contribution in [0.15, 0.2) is 59.1 Å². The monoisotopic (exact) mass is 386 g/mol. The van der Waals surface area contributed by atoms with Crippen molar-refractivity contribution in [1.82, 2.24) is 0 Å². The van der Waals surface area contributed by atoms with E-state index in [9.17, 15) is 0 Å². The molecule has 0 bridgehead atoms. The molecule has 15 heavy (non-hydrogen) atoms. The van der Waals surface area contributed by atoms with Crippen LogP contribution in [0, 0.1) is 0 Å². The normalized spacial score (nSPS) is 12.4. The summed E-state index contributed by atoms with van der Waals surface area (Å²) in [6.45, 7) is 0. The van der Waals surface area contributed by atoms with Gasteiger partial charge >= 0.3 is 110 Å². The number of halogens is 2. The van der Waals surface area contributed by atoms with Crippen molar-refractivity contribution in [3.63, 3.8) is 0 Å². The van der Waals surface area contributed by atoms with Crippen LogP contribution in [0.5, 0.6) is 0 Å². The average molecular weight is 388 g/mol. The van der Waals surface area contributed by atoms with Crippen molar-refractivity contribution >= 4 is 51.4 Å². The van der Waals surface area contributed by atoms with Gasteiger partial charge < -0.3 is 0 Å². The van der Waals surface area contributed by atoms with Crippen LogP contribution in [0.3, 0.4) is 0 Å². The van der Waals surface area contributed by atoms with Gasteiger partial charge in [-0.15, -0.1) is 0 Å². The van der Waals surface area contributed by atoms with E-state index >= 15 is 0 Å². The molecule has 0 saturated carbocycles. The minimum absolute atomic E-state index is 1.13. The maximum absolute atomic E-state index is 3.85. The Bertz CT molecular complexity index is 425. The van der Waals surface area contributed by atoms with Gasteiger partial charge in [0.25, 0.3) is 0 Å². The Morgan fingerprint density at radius 2 is 1.27 bits per heavy atom. The molecule has 2 aromatic carbocycles. The second-order valence-electron chi connectivity index (χ2n) is 3.09. The van der Waals surface area contributed by atoms with Crippen LogP contribution in [-0.4, -0.2) is 12.8 Å². The molecule has 0 aromatic heterocycles. The van der Waals surface area contributed by atoms with Crippen molar-refractivity contribution in [2.45, 2.75) is 0 Å². The molecular weight excluding hydrogens is 379 g/mol. The Labute approximate surface area is 110 Å². The Balaban J connectivity index is 2.29. The van der Waals surface area contributed by atoms with Crippen molar-refractivity contribution < 1.29 is 0 Å². The molecule has 0 N–H and O–H groups in total. The van der Waals surface area contributed by atoms with Gasteiger partial charge in [0.2, 0.25) is 0 Å². The molecule has 0 aliphatic heterocycles. The van der Waals surface area contributed by atoms with E-state index in [1.807, 2.05) is 0 Å². The second kappa shape index (κ2) is 5.34. The molecule has 0 aliphatic carbocycles. The van der Waals surface area contributed by atoms with E-state index in [1.54, 1.807) is 0 Å². The quantitative estimate of drug-likeness (QED) is 0.695. The summed E-state index contributed by atoms with van der Waals surface area (Å²) < 4.78 is 3.97. The van der Waals surface area contributed by atoms with Crippen molar-refractivity contribution in [2.24, 2.45) is 0 Å². The summed E-state index contributed by atoms with van der Waals surface area (Å²) in [5.41, 5.74) is 0. The van der Waals surface area contributed by atoms with Gasteiger partial charge in [-0.2, -0.15) is 0 Å². The number of hydrogen-bond donors (Lipinski definition) is 0. The Morgan fingerprint density at radius 3 is 1.87 bits per heavy atom. The Kier molecular flexibility index (Phi) is 4.07. The van der Waals surface area contributed by atoms with Gasteiger partial charge in [-0.05, 0) is 0 Å². The van der Waals surface area contributed by atoms with Gasteiger partial charge in [-0.3, -0.25) is 0 Å². The van der Waals surface area contributed by atoms with Gasteiger partial charge in [-0.25, -0.2) is 0 Å². The molecule has 0 radical (unpaired) electrons. The van der Waals surface area contributed by atoms with E-state index < -0.39 is 12.8 Å². The van der Waals surface area contributed by atoms with E-state index in [1.165, 1.54) is 8.70 Å². The molecule has 0 nitrogen and oxygen atoms in total. The third-order valence-corrected chi connectivity index (χ3v) is 9.97. The van der Waals surface area contributed by atoms with Gasteiger partial charge in [0.05, 0.1) is 0 Å². The molecule has 0 saturated heterocycles. The molecule has 1 unspecified atom stereocenters. The zero-order valence-electron chi connectivity index (χ0n) is 7.90. The predicted molar refractivity (Wildman–Crippen MR) is 74.5 cm³/mol. The van der Waals surface area contributed by atoms with E-state index in [2.05, 4.69) is 84.5 Å². The fourth-order valence-electron chi connectivity index (χ4n) is 1.28. The molecule has 0 amide bonds. The minimum atomic E-state index is -1.22. The summed E-state index contributed by atoms with van der Waals surface area (Å²) >= 11 is 6.08. The predicted octanol–water partition coefficient (Wildman–Crippen LogP) is 2.95. The standard InChI is InChI=1S/C12H9AsBr2/c14-12-8-6-11(7-9-12)13(15)10-4-2-1-3-5-10/h1-9H. The zero-order valence-corrected chi connectivity index (χ0v) is 12.9.